The number of ether oxygens (including phenoxy) is 1. The van der Waals surface area contributed by atoms with E-state index in [1.807, 2.05) is 24.3 Å². The predicted molar refractivity (Wildman–Crippen MR) is 64.3 cm³/mol. The smallest absolute Gasteiger partial charge is 0.234 e. The Kier molecular flexibility index (Phi) is 5.59. The van der Waals surface area contributed by atoms with E-state index in [-0.39, 0.29) is 12.3 Å². The van der Waals surface area contributed by atoms with Crippen molar-refractivity contribution in [1.29, 1.82) is 5.26 Å². The average Bonchev–Trinajstić information content (AvgIpc) is 2.35. The summed E-state index contributed by atoms with van der Waals surface area (Å²) in [6.45, 7) is 3.20. The molecule has 0 aromatic heterocycles. The lowest BCUT2D eigenvalue weighted by atomic mass is 10.2. The van der Waals surface area contributed by atoms with Crippen LogP contribution in [0.3, 0.4) is 0 Å². The van der Waals surface area contributed by atoms with Gasteiger partial charge in [0.05, 0.1) is 12.7 Å². The Hall–Kier alpha value is -2.02. The van der Waals surface area contributed by atoms with Gasteiger partial charge in [-0.25, -0.2) is 0 Å². The van der Waals surface area contributed by atoms with Crippen molar-refractivity contribution < 1.29 is 9.53 Å². The average molecular weight is 232 g/mol. The quantitative estimate of drug-likeness (QED) is 0.816. The third-order valence-electron chi connectivity index (χ3n) is 2.13. The third-order valence-corrected chi connectivity index (χ3v) is 2.13. The van der Waals surface area contributed by atoms with Gasteiger partial charge >= 0.3 is 0 Å². The second-order valence-corrected chi connectivity index (χ2v) is 3.60. The SMILES string of the molecule is CCCOc1ccc(CNC(=O)CC#N)cc1. The van der Waals surface area contributed by atoms with Gasteiger partial charge in [0.25, 0.3) is 0 Å². The van der Waals surface area contributed by atoms with Crippen LogP contribution in [-0.2, 0) is 11.3 Å². The molecule has 0 saturated carbocycles. The van der Waals surface area contributed by atoms with Crippen LogP contribution in [0.4, 0.5) is 0 Å². The standard InChI is InChI=1S/C13H16N2O2/c1-2-9-17-12-5-3-11(4-6-12)10-15-13(16)7-8-14/h3-6H,2,7,9-10H2,1H3,(H,15,16). The molecule has 90 valence electrons. The monoisotopic (exact) mass is 232 g/mol. The summed E-state index contributed by atoms with van der Waals surface area (Å²) in [5.74, 6) is 0.581. The van der Waals surface area contributed by atoms with E-state index in [1.54, 1.807) is 6.07 Å². The van der Waals surface area contributed by atoms with Crippen molar-refractivity contribution in [2.75, 3.05) is 6.61 Å². The van der Waals surface area contributed by atoms with Gasteiger partial charge < -0.3 is 10.1 Å². The number of rotatable bonds is 6. The number of carbonyl (C=O) groups is 1. The molecular weight excluding hydrogens is 216 g/mol. The van der Waals surface area contributed by atoms with E-state index in [2.05, 4.69) is 12.2 Å². The van der Waals surface area contributed by atoms with Crippen LogP contribution in [0.5, 0.6) is 5.75 Å². The zero-order valence-electron chi connectivity index (χ0n) is 9.90. The minimum Gasteiger partial charge on any atom is -0.494 e. The summed E-state index contributed by atoms with van der Waals surface area (Å²) in [5, 5.41) is 11.0. The minimum absolute atomic E-state index is 0.0995. The number of nitrogens with one attached hydrogen (secondary N) is 1. The summed E-state index contributed by atoms with van der Waals surface area (Å²) >= 11 is 0. The Morgan fingerprint density at radius 1 is 1.41 bits per heavy atom. The van der Waals surface area contributed by atoms with E-state index < -0.39 is 0 Å². The number of carbonyl (C=O) groups excluding carboxylic acids is 1. The van der Waals surface area contributed by atoms with Crippen molar-refractivity contribution in [2.24, 2.45) is 0 Å². The molecule has 0 atom stereocenters. The summed E-state index contributed by atoms with van der Waals surface area (Å²) in [6, 6.07) is 9.36. The van der Waals surface area contributed by atoms with E-state index in [0.717, 1.165) is 17.7 Å². The van der Waals surface area contributed by atoms with Gasteiger partial charge in [-0.3, -0.25) is 4.79 Å². The van der Waals surface area contributed by atoms with Crippen LogP contribution in [0, 0.1) is 11.3 Å². The molecule has 4 heteroatoms. The highest BCUT2D eigenvalue weighted by atomic mass is 16.5. The molecular formula is C13H16N2O2. The first-order chi connectivity index (χ1) is 8.26. The van der Waals surface area contributed by atoms with Gasteiger partial charge in [-0.15, -0.1) is 0 Å². The topological polar surface area (TPSA) is 62.1 Å². The maximum absolute atomic E-state index is 11.1. The fraction of sp³-hybridized carbons (Fsp3) is 0.385. The highest BCUT2D eigenvalue weighted by Gasteiger charge is 2.00. The van der Waals surface area contributed by atoms with E-state index in [4.69, 9.17) is 10.00 Å². The van der Waals surface area contributed by atoms with Gasteiger partial charge in [0.1, 0.15) is 12.2 Å². The molecule has 0 unspecified atom stereocenters. The number of hydrogen-bond acceptors (Lipinski definition) is 3. The van der Waals surface area contributed by atoms with E-state index in [0.29, 0.717) is 13.2 Å². The van der Waals surface area contributed by atoms with Gasteiger partial charge in [-0.1, -0.05) is 19.1 Å². The Balaban J connectivity index is 2.40. The number of hydrogen-bond donors (Lipinski definition) is 1. The molecule has 0 saturated heterocycles. The molecule has 0 heterocycles. The van der Waals surface area contributed by atoms with Crippen molar-refractivity contribution in [1.82, 2.24) is 5.32 Å². The second kappa shape index (κ2) is 7.29. The van der Waals surface area contributed by atoms with Crippen molar-refractivity contribution in [3.8, 4) is 11.8 Å². The predicted octanol–water partition coefficient (Wildman–Crippen LogP) is 2.01. The van der Waals surface area contributed by atoms with E-state index >= 15 is 0 Å². The number of nitriles is 1. The molecule has 0 fully saturated rings. The molecule has 0 aliphatic heterocycles. The first kappa shape index (κ1) is 13.0. The number of benzene rings is 1. The van der Waals surface area contributed by atoms with Crippen LogP contribution in [0.25, 0.3) is 0 Å². The molecule has 17 heavy (non-hydrogen) atoms. The van der Waals surface area contributed by atoms with Crippen molar-refractivity contribution >= 4 is 5.91 Å². The Morgan fingerprint density at radius 2 is 2.12 bits per heavy atom. The summed E-state index contributed by atoms with van der Waals surface area (Å²) in [6.07, 6.45) is 0.879. The normalized spacial score (nSPS) is 9.41. The molecule has 1 rings (SSSR count). The van der Waals surface area contributed by atoms with Crippen LogP contribution in [0.2, 0.25) is 0 Å². The van der Waals surface area contributed by atoms with Crippen molar-refractivity contribution in [3.63, 3.8) is 0 Å². The van der Waals surface area contributed by atoms with Gasteiger partial charge in [0, 0.05) is 6.54 Å². The molecule has 1 aromatic carbocycles. The van der Waals surface area contributed by atoms with Gasteiger partial charge in [-0.05, 0) is 24.1 Å². The molecule has 0 radical (unpaired) electrons. The molecule has 4 nitrogen and oxygen atoms in total. The molecule has 0 aliphatic carbocycles. The van der Waals surface area contributed by atoms with Gasteiger partial charge in [-0.2, -0.15) is 5.26 Å². The Bertz CT molecular complexity index is 393. The van der Waals surface area contributed by atoms with Crippen LogP contribution < -0.4 is 10.1 Å². The summed E-state index contributed by atoms with van der Waals surface area (Å²) in [4.78, 5) is 11.1. The lowest BCUT2D eigenvalue weighted by molar-refractivity contribution is -0.120. The van der Waals surface area contributed by atoms with Gasteiger partial charge in [0.2, 0.25) is 5.91 Å². The Labute approximate surface area is 101 Å². The highest BCUT2D eigenvalue weighted by Crippen LogP contribution is 2.12. The van der Waals surface area contributed by atoms with Crippen LogP contribution in [0.1, 0.15) is 25.3 Å². The fourth-order valence-corrected chi connectivity index (χ4v) is 1.26. The first-order valence-electron chi connectivity index (χ1n) is 5.61. The zero-order valence-corrected chi connectivity index (χ0v) is 9.90. The third kappa shape index (κ3) is 5.03. The maximum atomic E-state index is 11.1. The molecule has 1 aromatic rings. The fourth-order valence-electron chi connectivity index (χ4n) is 1.26. The number of nitrogens with zero attached hydrogens (tertiary/aromatic N) is 1. The lowest BCUT2D eigenvalue weighted by Crippen LogP contribution is -2.21. The summed E-state index contributed by atoms with van der Waals surface area (Å²) in [7, 11) is 0. The maximum Gasteiger partial charge on any atom is 0.234 e. The molecule has 0 bridgehead atoms. The molecule has 1 N–H and O–H groups in total. The molecule has 0 spiro atoms. The summed E-state index contributed by atoms with van der Waals surface area (Å²) in [5.41, 5.74) is 0.986. The van der Waals surface area contributed by atoms with Crippen LogP contribution >= 0.6 is 0 Å². The van der Waals surface area contributed by atoms with Crippen molar-refractivity contribution in [2.45, 2.75) is 26.3 Å². The van der Waals surface area contributed by atoms with Crippen LogP contribution in [0.15, 0.2) is 24.3 Å². The largest absolute Gasteiger partial charge is 0.494 e. The minimum atomic E-state index is -0.251. The zero-order chi connectivity index (χ0) is 12.5. The first-order valence-corrected chi connectivity index (χ1v) is 5.61. The highest BCUT2D eigenvalue weighted by molar-refractivity contribution is 5.77. The van der Waals surface area contributed by atoms with Crippen molar-refractivity contribution in [3.05, 3.63) is 29.8 Å². The van der Waals surface area contributed by atoms with E-state index in [9.17, 15) is 4.79 Å². The lowest BCUT2D eigenvalue weighted by Gasteiger charge is -2.06. The molecule has 0 aliphatic rings. The molecule has 1 amide bonds. The Morgan fingerprint density at radius 3 is 2.71 bits per heavy atom. The van der Waals surface area contributed by atoms with Crippen LogP contribution in [-0.4, -0.2) is 12.5 Å². The second-order valence-electron chi connectivity index (χ2n) is 3.60. The summed E-state index contributed by atoms with van der Waals surface area (Å²) < 4.78 is 5.44. The van der Waals surface area contributed by atoms with Gasteiger partial charge in [0.15, 0.2) is 0 Å². The number of amides is 1. The van der Waals surface area contributed by atoms with E-state index in [1.165, 1.54) is 0 Å².